The van der Waals surface area contributed by atoms with Crippen LogP contribution in [0.1, 0.15) is 44.6 Å². The first kappa shape index (κ1) is 22.1. The molecule has 1 unspecified atom stereocenters. The average molecular weight is 471 g/mol. The second-order valence-corrected chi connectivity index (χ2v) is 9.44. The van der Waals surface area contributed by atoms with Gasteiger partial charge >= 0.3 is 0 Å². The van der Waals surface area contributed by atoms with Gasteiger partial charge in [0.1, 0.15) is 11.6 Å². The van der Waals surface area contributed by atoms with Crippen LogP contribution >= 0.6 is 11.8 Å². The topological polar surface area (TPSA) is 86.9 Å². The molecule has 1 amide bonds. The van der Waals surface area contributed by atoms with Gasteiger partial charge in [-0.2, -0.15) is 5.10 Å². The van der Waals surface area contributed by atoms with Crippen LogP contribution in [0.5, 0.6) is 0 Å². The first-order valence-electron chi connectivity index (χ1n) is 11.4. The molecule has 1 saturated heterocycles. The summed E-state index contributed by atoms with van der Waals surface area (Å²) >= 11 is 1.34. The number of halogens is 1. The molecule has 2 fully saturated rings. The molecule has 0 radical (unpaired) electrons. The van der Waals surface area contributed by atoms with Crippen LogP contribution in [0, 0.1) is 5.82 Å². The molecule has 2 aliphatic rings. The van der Waals surface area contributed by atoms with Crippen LogP contribution < -0.4 is 5.32 Å². The van der Waals surface area contributed by atoms with Gasteiger partial charge in [-0.05, 0) is 49.9 Å². The number of nitrogens with zero attached hydrogens (tertiary/aromatic N) is 5. The van der Waals surface area contributed by atoms with E-state index >= 15 is 0 Å². The predicted octanol–water partition coefficient (Wildman–Crippen LogP) is 4.31. The molecule has 1 aliphatic heterocycles. The summed E-state index contributed by atoms with van der Waals surface area (Å²) in [5, 5.41) is 16.7. The van der Waals surface area contributed by atoms with Crippen molar-refractivity contribution in [1.29, 1.82) is 0 Å². The SMILES string of the molecule is O=C(CSc1nnc(-c2ccc(F)cc2)n1CC1CCCO1)Nc1ccnn1C1CCCC1. The molecule has 3 heterocycles. The van der Waals surface area contributed by atoms with Crippen LogP contribution in [0.25, 0.3) is 11.4 Å². The zero-order valence-corrected chi connectivity index (χ0v) is 19.1. The lowest BCUT2D eigenvalue weighted by Crippen LogP contribution is -2.20. The van der Waals surface area contributed by atoms with E-state index in [1.54, 1.807) is 18.3 Å². The Morgan fingerprint density at radius 1 is 1.12 bits per heavy atom. The number of ether oxygens (including phenoxy) is 1. The summed E-state index contributed by atoms with van der Waals surface area (Å²) in [4.78, 5) is 12.7. The zero-order valence-electron chi connectivity index (χ0n) is 18.3. The molecule has 174 valence electrons. The Hall–Kier alpha value is -2.72. The van der Waals surface area contributed by atoms with Crippen molar-refractivity contribution >= 4 is 23.5 Å². The molecule has 3 aromatic rings. The quantitative estimate of drug-likeness (QED) is 0.494. The van der Waals surface area contributed by atoms with E-state index in [0.717, 1.165) is 43.7 Å². The molecule has 0 bridgehead atoms. The lowest BCUT2D eigenvalue weighted by Gasteiger charge is -2.15. The minimum absolute atomic E-state index is 0.0779. The van der Waals surface area contributed by atoms with Crippen LogP contribution in [-0.2, 0) is 16.1 Å². The summed E-state index contributed by atoms with van der Waals surface area (Å²) in [6.07, 6.45) is 8.39. The van der Waals surface area contributed by atoms with E-state index in [4.69, 9.17) is 4.74 Å². The normalized spacial score (nSPS) is 18.8. The van der Waals surface area contributed by atoms with Crippen molar-refractivity contribution in [2.24, 2.45) is 0 Å². The Balaban J connectivity index is 1.29. The summed E-state index contributed by atoms with van der Waals surface area (Å²) in [6.45, 7) is 1.34. The highest BCUT2D eigenvalue weighted by molar-refractivity contribution is 7.99. The Morgan fingerprint density at radius 3 is 2.70 bits per heavy atom. The maximum atomic E-state index is 13.4. The highest BCUT2D eigenvalue weighted by Crippen LogP contribution is 2.31. The molecule has 0 spiro atoms. The number of hydrogen-bond donors (Lipinski definition) is 1. The lowest BCUT2D eigenvalue weighted by atomic mass is 10.2. The zero-order chi connectivity index (χ0) is 22.6. The van der Waals surface area contributed by atoms with Crippen LogP contribution in [0.3, 0.4) is 0 Å². The summed E-state index contributed by atoms with van der Waals surface area (Å²) in [5.74, 6) is 1.16. The van der Waals surface area contributed by atoms with Gasteiger partial charge in [-0.1, -0.05) is 24.6 Å². The maximum Gasteiger partial charge on any atom is 0.235 e. The third-order valence-electron chi connectivity index (χ3n) is 6.17. The van der Waals surface area contributed by atoms with E-state index in [1.165, 1.54) is 36.7 Å². The van der Waals surface area contributed by atoms with Crippen molar-refractivity contribution < 1.29 is 13.9 Å². The minimum atomic E-state index is -0.299. The Morgan fingerprint density at radius 2 is 1.94 bits per heavy atom. The molecule has 33 heavy (non-hydrogen) atoms. The number of aromatic nitrogens is 5. The van der Waals surface area contributed by atoms with E-state index in [9.17, 15) is 9.18 Å². The predicted molar refractivity (Wildman–Crippen MR) is 123 cm³/mol. The molecule has 8 nitrogen and oxygen atoms in total. The second-order valence-electron chi connectivity index (χ2n) is 8.49. The third-order valence-corrected chi connectivity index (χ3v) is 7.14. The number of carbonyl (C=O) groups is 1. The van der Waals surface area contributed by atoms with Gasteiger partial charge in [0.05, 0.1) is 30.6 Å². The molecular weight excluding hydrogens is 443 g/mol. The number of nitrogens with one attached hydrogen (secondary N) is 1. The second kappa shape index (κ2) is 10.0. The summed E-state index contributed by atoms with van der Waals surface area (Å²) in [6, 6.07) is 8.40. The highest BCUT2D eigenvalue weighted by Gasteiger charge is 2.23. The van der Waals surface area contributed by atoms with E-state index in [-0.39, 0.29) is 23.6 Å². The van der Waals surface area contributed by atoms with Gasteiger partial charge in [0.2, 0.25) is 5.91 Å². The monoisotopic (exact) mass is 470 g/mol. The van der Waals surface area contributed by atoms with E-state index in [2.05, 4.69) is 20.6 Å². The molecule has 2 aromatic heterocycles. The number of rotatable bonds is 8. The molecule has 1 atom stereocenters. The standard InChI is InChI=1S/C23H27FN6O2S/c24-17-9-7-16(8-10-17)22-27-28-23(29(22)14-19-6-3-13-32-19)33-15-21(31)26-20-11-12-25-30(20)18-4-1-2-5-18/h7-12,18-19H,1-6,13-15H2,(H,26,31). The van der Waals surface area contributed by atoms with Gasteiger partial charge < -0.3 is 10.1 Å². The van der Waals surface area contributed by atoms with Crippen molar-refractivity contribution in [2.75, 3.05) is 17.7 Å². The molecule has 1 aromatic carbocycles. The van der Waals surface area contributed by atoms with E-state index in [0.29, 0.717) is 23.6 Å². The van der Waals surface area contributed by atoms with E-state index < -0.39 is 0 Å². The fourth-order valence-electron chi connectivity index (χ4n) is 4.53. The number of anilines is 1. The molecule has 1 aliphatic carbocycles. The smallest absolute Gasteiger partial charge is 0.235 e. The molecule has 1 saturated carbocycles. The summed E-state index contributed by atoms with van der Waals surface area (Å²) < 4.78 is 23.1. The Kier molecular flexibility index (Phi) is 6.73. The average Bonchev–Trinajstić information content (AvgIpc) is 3.61. The summed E-state index contributed by atoms with van der Waals surface area (Å²) in [7, 11) is 0. The number of amides is 1. The van der Waals surface area contributed by atoms with Crippen LogP contribution in [0.2, 0.25) is 0 Å². The van der Waals surface area contributed by atoms with Crippen molar-refractivity contribution in [1.82, 2.24) is 24.5 Å². The van der Waals surface area contributed by atoms with Gasteiger partial charge in [0.25, 0.3) is 0 Å². The first-order valence-corrected chi connectivity index (χ1v) is 12.4. The first-order chi connectivity index (χ1) is 16.2. The van der Waals surface area contributed by atoms with Gasteiger partial charge in [-0.25, -0.2) is 9.07 Å². The molecule has 10 heteroatoms. The number of thioether (sulfide) groups is 1. The van der Waals surface area contributed by atoms with Crippen molar-refractivity contribution in [3.8, 4) is 11.4 Å². The van der Waals surface area contributed by atoms with Gasteiger partial charge in [-0.3, -0.25) is 9.36 Å². The Labute approximate surface area is 195 Å². The number of carbonyl (C=O) groups excluding carboxylic acids is 1. The van der Waals surface area contributed by atoms with Gasteiger partial charge in [-0.15, -0.1) is 10.2 Å². The fraction of sp³-hybridized carbons (Fsp3) is 0.478. The lowest BCUT2D eigenvalue weighted by molar-refractivity contribution is -0.113. The largest absolute Gasteiger partial charge is 0.376 e. The third kappa shape index (κ3) is 5.11. The highest BCUT2D eigenvalue weighted by atomic mass is 32.2. The Bertz CT molecular complexity index is 1090. The van der Waals surface area contributed by atoms with Gasteiger partial charge in [0.15, 0.2) is 11.0 Å². The van der Waals surface area contributed by atoms with Crippen LogP contribution in [0.4, 0.5) is 10.2 Å². The van der Waals surface area contributed by atoms with Crippen molar-refractivity contribution in [3.63, 3.8) is 0 Å². The minimum Gasteiger partial charge on any atom is -0.376 e. The molecule has 5 rings (SSSR count). The summed E-state index contributed by atoms with van der Waals surface area (Å²) in [5.41, 5.74) is 0.777. The maximum absolute atomic E-state index is 13.4. The van der Waals surface area contributed by atoms with Crippen molar-refractivity contribution in [2.45, 2.75) is 62.4 Å². The van der Waals surface area contributed by atoms with Crippen LogP contribution in [-0.4, -0.2) is 48.9 Å². The molecular formula is C23H27FN6O2S. The van der Waals surface area contributed by atoms with Crippen LogP contribution in [0.15, 0.2) is 41.7 Å². The van der Waals surface area contributed by atoms with Gasteiger partial charge in [0, 0.05) is 18.2 Å². The fourth-order valence-corrected chi connectivity index (χ4v) is 5.27. The number of benzene rings is 1. The van der Waals surface area contributed by atoms with Crippen molar-refractivity contribution in [3.05, 3.63) is 42.3 Å². The van der Waals surface area contributed by atoms with E-state index in [1.807, 2.05) is 15.3 Å². The molecule has 1 N–H and O–H groups in total. The number of hydrogen-bond acceptors (Lipinski definition) is 6.